The first-order valence-corrected chi connectivity index (χ1v) is 7.17. The number of nitrogens with zero attached hydrogens (tertiary/aromatic N) is 2. The van der Waals surface area contributed by atoms with Crippen molar-refractivity contribution in [2.75, 3.05) is 11.9 Å². The van der Waals surface area contributed by atoms with Crippen LogP contribution in [0.15, 0.2) is 18.2 Å². The normalized spacial score (nSPS) is 21.6. The van der Waals surface area contributed by atoms with E-state index in [4.69, 9.17) is 0 Å². The summed E-state index contributed by atoms with van der Waals surface area (Å²) in [4.78, 5) is 23.3. The molecule has 0 spiro atoms. The summed E-state index contributed by atoms with van der Waals surface area (Å²) >= 11 is 0. The third kappa shape index (κ3) is 3.22. The standard InChI is InChI=1S/C14H14F3N3O3/c15-14(16,17)11-5-8(1-4-12(11)20(22)23)18-9-6-13(21)19(7-9)10-2-3-10/h1,4-5,9-10,18H,2-3,6-7H2. The molecule has 1 saturated carbocycles. The zero-order chi connectivity index (χ0) is 16.8. The number of anilines is 1. The lowest BCUT2D eigenvalue weighted by atomic mass is 10.1. The van der Waals surface area contributed by atoms with Crippen LogP contribution in [0.1, 0.15) is 24.8 Å². The van der Waals surface area contributed by atoms with Gasteiger partial charge in [-0.3, -0.25) is 14.9 Å². The number of hydrogen-bond donors (Lipinski definition) is 1. The Kier molecular flexibility index (Phi) is 3.65. The predicted molar refractivity (Wildman–Crippen MR) is 74.9 cm³/mol. The van der Waals surface area contributed by atoms with E-state index < -0.39 is 22.4 Å². The molecule has 1 atom stereocenters. The van der Waals surface area contributed by atoms with E-state index in [0.29, 0.717) is 6.54 Å². The molecule has 9 heteroatoms. The van der Waals surface area contributed by atoms with Crippen molar-refractivity contribution in [3.05, 3.63) is 33.9 Å². The Morgan fingerprint density at radius 3 is 2.57 bits per heavy atom. The molecule has 23 heavy (non-hydrogen) atoms. The molecule has 1 saturated heterocycles. The molecule has 1 heterocycles. The summed E-state index contributed by atoms with van der Waals surface area (Å²) < 4.78 is 38.8. The zero-order valence-electron chi connectivity index (χ0n) is 12.0. The molecule has 1 amide bonds. The minimum atomic E-state index is -4.81. The summed E-state index contributed by atoms with van der Waals surface area (Å²) in [5.41, 5.74) is -2.15. The van der Waals surface area contributed by atoms with Gasteiger partial charge < -0.3 is 10.2 Å². The van der Waals surface area contributed by atoms with E-state index in [1.165, 1.54) is 6.07 Å². The average Bonchev–Trinajstić information content (AvgIpc) is 3.22. The second-order valence-corrected chi connectivity index (χ2v) is 5.81. The Balaban J connectivity index is 1.78. The number of carbonyl (C=O) groups excluding carboxylic acids is 1. The molecule has 6 nitrogen and oxygen atoms in total. The Bertz CT molecular complexity index is 658. The van der Waals surface area contributed by atoms with E-state index in [-0.39, 0.29) is 30.1 Å². The van der Waals surface area contributed by atoms with Crippen LogP contribution in [0.2, 0.25) is 0 Å². The van der Waals surface area contributed by atoms with E-state index in [2.05, 4.69) is 5.32 Å². The number of carbonyl (C=O) groups is 1. The second kappa shape index (κ2) is 5.39. The van der Waals surface area contributed by atoms with Gasteiger partial charge in [0.2, 0.25) is 5.91 Å². The number of rotatable bonds is 4. The van der Waals surface area contributed by atoms with Gasteiger partial charge >= 0.3 is 6.18 Å². The van der Waals surface area contributed by atoms with Crippen molar-refractivity contribution in [2.24, 2.45) is 0 Å². The quantitative estimate of drug-likeness (QED) is 0.681. The average molecular weight is 329 g/mol. The van der Waals surface area contributed by atoms with Crippen molar-refractivity contribution >= 4 is 17.3 Å². The van der Waals surface area contributed by atoms with Gasteiger partial charge in [0.1, 0.15) is 5.56 Å². The SMILES string of the molecule is O=C1CC(Nc2ccc([N+](=O)[O-])c(C(F)(F)F)c2)CN1C1CC1. The Labute approximate surface area is 129 Å². The van der Waals surface area contributed by atoms with E-state index in [9.17, 15) is 28.1 Å². The first-order chi connectivity index (χ1) is 10.8. The van der Waals surface area contributed by atoms with E-state index in [0.717, 1.165) is 25.0 Å². The van der Waals surface area contributed by atoms with Gasteiger partial charge in [0.25, 0.3) is 5.69 Å². The van der Waals surface area contributed by atoms with Gasteiger partial charge in [-0.15, -0.1) is 0 Å². The van der Waals surface area contributed by atoms with Crippen LogP contribution in [0.4, 0.5) is 24.5 Å². The van der Waals surface area contributed by atoms with Crippen LogP contribution in [0.25, 0.3) is 0 Å². The Hall–Kier alpha value is -2.32. The summed E-state index contributed by atoms with van der Waals surface area (Å²) in [5, 5.41) is 13.6. The molecular weight excluding hydrogens is 315 g/mol. The van der Waals surface area contributed by atoms with Gasteiger partial charge in [-0.25, -0.2) is 0 Å². The summed E-state index contributed by atoms with van der Waals surface area (Å²) in [6, 6.07) is 2.77. The molecule has 3 rings (SSSR count). The Morgan fingerprint density at radius 1 is 1.30 bits per heavy atom. The highest BCUT2D eigenvalue weighted by atomic mass is 19.4. The molecule has 1 aromatic rings. The molecule has 1 N–H and O–H groups in total. The number of nitrogens with one attached hydrogen (secondary N) is 1. The van der Waals surface area contributed by atoms with Gasteiger partial charge in [-0.1, -0.05) is 0 Å². The largest absolute Gasteiger partial charge is 0.423 e. The van der Waals surface area contributed by atoms with Gasteiger partial charge in [-0.2, -0.15) is 13.2 Å². The Morgan fingerprint density at radius 2 is 2.00 bits per heavy atom. The highest BCUT2D eigenvalue weighted by Crippen LogP contribution is 2.38. The maximum absolute atomic E-state index is 12.9. The van der Waals surface area contributed by atoms with Crippen LogP contribution in [-0.2, 0) is 11.0 Å². The molecule has 0 aromatic heterocycles. The van der Waals surface area contributed by atoms with Crippen molar-refractivity contribution in [1.29, 1.82) is 0 Å². The molecule has 1 aliphatic carbocycles. The van der Waals surface area contributed by atoms with Crippen molar-refractivity contribution in [1.82, 2.24) is 4.90 Å². The predicted octanol–water partition coefficient (Wildman–Crippen LogP) is 2.79. The number of alkyl halides is 3. The highest BCUT2D eigenvalue weighted by Gasteiger charge is 2.40. The summed E-state index contributed by atoms with van der Waals surface area (Å²) in [6.07, 6.45) is -2.66. The van der Waals surface area contributed by atoms with Gasteiger partial charge in [0.05, 0.1) is 11.0 Å². The molecule has 0 bridgehead atoms. The third-order valence-corrected chi connectivity index (χ3v) is 4.02. The maximum atomic E-state index is 12.9. The summed E-state index contributed by atoms with van der Waals surface area (Å²) in [6.45, 7) is 0.446. The van der Waals surface area contributed by atoms with Crippen LogP contribution in [0.5, 0.6) is 0 Å². The first-order valence-electron chi connectivity index (χ1n) is 7.17. The van der Waals surface area contributed by atoms with Crippen LogP contribution >= 0.6 is 0 Å². The van der Waals surface area contributed by atoms with Crippen LogP contribution in [0, 0.1) is 10.1 Å². The third-order valence-electron chi connectivity index (χ3n) is 4.02. The monoisotopic (exact) mass is 329 g/mol. The fourth-order valence-electron chi connectivity index (χ4n) is 2.82. The number of benzene rings is 1. The van der Waals surface area contributed by atoms with Gasteiger partial charge in [0, 0.05) is 30.8 Å². The summed E-state index contributed by atoms with van der Waals surface area (Å²) in [7, 11) is 0. The molecule has 1 aromatic carbocycles. The first kappa shape index (κ1) is 15.6. The molecule has 2 fully saturated rings. The minimum absolute atomic E-state index is 0.0112. The maximum Gasteiger partial charge on any atom is 0.423 e. The van der Waals surface area contributed by atoms with E-state index in [1.54, 1.807) is 4.90 Å². The second-order valence-electron chi connectivity index (χ2n) is 5.81. The molecule has 0 radical (unpaired) electrons. The smallest absolute Gasteiger partial charge is 0.380 e. The molecule has 124 valence electrons. The lowest BCUT2D eigenvalue weighted by Crippen LogP contribution is -2.29. The van der Waals surface area contributed by atoms with E-state index >= 15 is 0 Å². The van der Waals surface area contributed by atoms with Crippen LogP contribution in [-0.4, -0.2) is 34.4 Å². The number of halogens is 3. The van der Waals surface area contributed by atoms with Gasteiger partial charge in [-0.05, 0) is 25.0 Å². The number of amides is 1. The number of hydrogen-bond acceptors (Lipinski definition) is 4. The minimum Gasteiger partial charge on any atom is -0.380 e. The van der Waals surface area contributed by atoms with Crippen LogP contribution in [0.3, 0.4) is 0 Å². The van der Waals surface area contributed by atoms with Crippen molar-refractivity contribution in [3.63, 3.8) is 0 Å². The van der Waals surface area contributed by atoms with Crippen LogP contribution < -0.4 is 5.32 Å². The molecule has 1 aliphatic heterocycles. The lowest BCUT2D eigenvalue weighted by molar-refractivity contribution is -0.388. The highest BCUT2D eigenvalue weighted by molar-refractivity contribution is 5.80. The fourth-order valence-corrected chi connectivity index (χ4v) is 2.82. The molecule has 2 aliphatic rings. The fraction of sp³-hybridized carbons (Fsp3) is 0.500. The van der Waals surface area contributed by atoms with Crippen molar-refractivity contribution in [3.8, 4) is 0 Å². The number of nitro benzene ring substituents is 1. The topological polar surface area (TPSA) is 75.5 Å². The van der Waals surface area contributed by atoms with Gasteiger partial charge in [0.15, 0.2) is 0 Å². The molecular formula is C14H14F3N3O3. The number of likely N-dealkylation sites (tertiary alicyclic amines) is 1. The van der Waals surface area contributed by atoms with Crippen molar-refractivity contribution in [2.45, 2.75) is 37.5 Å². The van der Waals surface area contributed by atoms with Crippen molar-refractivity contribution < 1.29 is 22.9 Å². The summed E-state index contributed by atoms with van der Waals surface area (Å²) in [5.74, 6) is -0.0112. The zero-order valence-corrected chi connectivity index (χ0v) is 12.0. The lowest BCUT2D eigenvalue weighted by Gasteiger charge is -2.17. The van der Waals surface area contributed by atoms with E-state index in [1.807, 2.05) is 0 Å². The molecule has 1 unspecified atom stereocenters. The number of nitro groups is 1.